The number of nitrogens with one attached hydrogen (secondary N) is 2. The molecule has 7 heteroatoms. The molecule has 0 bridgehead atoms. The molecule has 6 nitrogen and oxygen atoms in total. The van der Waals surface area contributed by atoms with Crippen LogP contribution in [0.2, 0.25) is 0 Å². The molecule has 2 aromatic heterocycles. The number of anilines is 1. The zero-order valence-corrected chi connectivity index (χ0v) is 15.2. The highest BCUT2D eigenvalue weighted by atomic mass is 32.1. The summed E-state index contributed by atoms with van der Waals surface area (Å²) in [6.45, 7) is 2.78. The minimum Gasteiger partial charge on any atom is -0.334 e. The Bertz CT molecular complexity index is 882. The van der Waals surface area contributed by atoms with Crippen LogP contribution < -0.4 is 10.6 Å². The molecule has 134 valence electrons. The molecule has 1 aromatic carbocycles. The average molecular weight is 367 g/mol. The van der Waals surface area contributed by atoms with Crippen molar-refractivity contribution < 1.29 is 4.79 Å². The molecule has 2 N–H and O–H groups in total. The molecule has 3 heterocycles. The van der Waals surface area contributed by atoms with Crippen LogP contribution in [0.15, 0.2) is 48.2 Å². The summed E-state index contributed by atoms with van der Waals surface area (Å²) in [7, 11) is 0. The van der Waals surface area contributed by atoms with Gasteiger partial charge in [0.2, 0.25) is 0 Å². The van der Waals surface area contributed by atoms with Crippen LogP contribution in [0, 0.1) is 0 Å². The lowest BCUT2D eigenvalue weighted by Crippen LogP contribution is -2.48. The number of pyridine rings is 1. The summed E-state index contributed by atoms with van der Waals surface area (Å²) in [5.41, 5.74) is 4.77. The molecule has 2 amide bonds. The third-order valence-corrected chi connectivity index (χ3v) is 5.35. The predicted octanol–water partition coefficient (Wildman–Crippen LogP) is 3.48. The number of hydrogen-bond donors (Lipinski definition) is 2. The highest BCUT2D eigenvalue weighted by Gasteiger charge is 2.21. The fraction of sp³-hybridized carbons (Fsp3) is 0.316. The monoisotopic (exact) mass is 367 g/mol. The molecule has 1 aliphatic heterocycles. The number of thiazole rings is 1. The fourth-order valence-corrected chi connectivity index (χ4v) is 4.07. The maximum absolute atomic E-state index is 12.4. The van der Waals surface area contributed by atoms with Gasteiger partial charge in [-0.3, -0.25) is 9.88 Å². The van der Waals surface area contributed by atoms with Gasteiger partial charge >= 0.3 is 6.03 Å². The molecule has 0 unspecified atom stereocenters. The number of hydrogen-bond acceptors (Lipinski definition) is 5. The molecule has 0 radical (unpaired) electrons. The predicted molar refractivity (Wildman–Crippen MR) is 104 cm³/mol. The van der Waals surface area contributed by atoms with Gasteiger partial charge in [0.15, 0.2) is 0 Å². The van der Waals surface area contributed by atoms with Crippen molar-refractivity contribution in [3.05, 3.63) is 53.8 Å². The molecule has 1 fully saturated rings. The summed E-state index contributed by atoms with van der Waals surface area (Å²) in [4.78, 5) is 23.2. The van der Waals surface area contributed by atoms with Gasteiger partial charge in [0.05, 0.1) is 15.7 Å². The third-order valence-electron chi connectivity index (χ3n) is 4.56. The summed E-state index contributed by atoms with van der Waals surface area (Å²) < 4.78 is 1.07. The van der Waals surface area contributed by atoms with Crippen LogP contribution in [0.4, 0.5) is 10.5 Å². The largest absolute Gasteiger partial charge is 0.334 e. The van der Waals surface area contributed by atoms with E-state index in [0.29, 0.717) is 0 Å². The number of carbonyl (C=O) groups excluding carboxylic acids is 1. The van der Waals surface area contributed by atoms with Gasteiger partial charge in [0, 0.05) is 37.2 Å². The van der Waals surface area contributed by atoms with Crippen LogP contribution in [-0.2, 0) is 6.54 Å². The van der Waals surface area contributed by atoms with Crippen LogP contribution in [0.3, 0.4) is 0 Å². The Morgan fingerprint density at radius 3 is 3.19 bits per heavy atom. The van der Waals surface area contributed by atoms with Crippen molar-refractivity contribution in [1.29, 1.82) is 0 Å². The Hall–Kier alpha value is -2.51. The summed E-state index contributed by atoms with van der Waals surface area (Å²) in [5.74, 6) is 0. The topological polar surface area (TPSA) is 70.2 Å². The lowest BCUT2D eigenvalue weighted by atomic mass is 10.1. The van der Waals surface area contributed by atoms with Crippen LogP contribution >= 0.6 is 11.3 Å². The summed E-state index contributed by atoms with van der Waals surface area (Å²) in [6, 6.07) is 9.83. The number of likely N-dealkylation sites (tertiary alicyclic amines) is 1. The van der Waals surface area contributed by atoms with Crippen molar-refractivity contribution >= 4 is 33.3 Å². The Morgan fingerprint density at radius 2 is 2.31 bits per heavy atom. The zero-order valence-electron chi connectivity index (χ0n) is 14.4. The van der Waals surface area contributed by atoms with E-state index in [4.69, 9.17) is 0 Å². The zero-order chi connectivity index (χ0) is 17.8. The van der Waals surface area contributed by atoms with E-state index in [9.17, 15) is 4.79 Å². The lowest BCUT2D eigenvalue weighted by Gasteiger charge is -2.33. The van der Waals surface area contributed by atoms with Crippen molar-refractivity contribution in [2.75, 3.05) is 18.4 Å². The minimum atomic E-state index is -0.151. The molecule has 0 saturated carbocycles. The van der Waals surface area contributed by atoms with Crippen molar-refractivity contribution in [2.24, 2.45) is 0 Å². The molecule has 1 saturated heterocycles. The Kier molecular flexibility index (Phi) is 5.08. The van der Waals surface area contributed by atoms with Crippen molar-refractivity contribution in [3.8, 4) is 0 Å². The first-order chi connectivity index (χ1) is 12.8. The molecule has 1 aliphatic rings. The molecular weight excluding hydrogens is 346 g/mol. The smallest absolute Gasteiger partial charge is 0.319 e. The number of nitrogens with zero attached hydrogens (tertiary/aromatic N) is 3. The van der Waals surface area contributed by atoms with Crippen LogP contribution in [0.1, 0.15) is 18.4 Å². The first kappa shape index (κ1) is 16.9. The third kappa shape index (κ3) is 4.17. The van der Waals surface area contributed by atoms with Gasteiger partial charge in [-0.1, -0.05) is 6.07 Å². The number of piperidine rings is 1. The van der Waals surface area contributed by atoms with Gasteiger partial charge in [0.25, 0.3) is 0 Å². The SMILES string of the molecule is O=C(Nc1ccc2ncsc2c1)N[C@@H]1CCCN(Cc2cccnc2)C1. The summed E-state index contributed by atoms with van der Waals surface area (Å²) >= 11 is 1.57. The number of carbonyl (C=O) groups is 1. The van der Waals surface area contributed by atoms with E-state index in [0.717, 1.165) is 48.4 Å². The average Bonchev–Trinajstić information content (AvgIpc) is 3.10. The van der Waals surface area contributed by atoms with E-state index in [1.54, 1.807) is 17.5 Å². The number of amides is 2. The number of aromatic nitrogens is 2. The highest BCUT2D eigenvalue weighted by Crippen LogP contribution is 2.22. The van der Waals surface area contributed by atoms with Crippen LogP contribution in [0.5, 0.6) is 0 Å². The second-order valence-corrected chi connectivity index (χ2v) is 7.46. The first-order valence-corrected chi connectivity index (χ1v) is 9.66. The number of fused-ring (bicyclic) bond motifs is 1. The van der Waals surface area contributed by atoms with Crippen molar-refractivity contribution in [3.63, 3.8) is 0 Å². The molecule has 0 aliphatic carbocycles. The van der Waals surface area contributed by atoms with Crippen molar-refractivity contribution in [1.82, 2.24) is 20.2 Å². The number of rotatable bonds is 4. The minimum absolute atomic E-state index is 0.151. The van der Waals surface area contributed by atoms with E-state index in [1.807, 2.05) is 36.0 Å². The van der Waals surface area contributed by atoms with Crippen molar-refractivity contribution in [2.45, 2.75) is 25.4 Å². The summed E-state index contributed by atoms with van der Waals surface area (Å²) in [5, 5.41) is 6.04. The highest BCUT2D eigenvalue weighted by molar-refractivity contribution is 7.16. The van der Waals surface area contributed by atoms with Gasteiger partial charge in [0.1, 0.15) is 0 Å². The van der Waals surface area contributed by atoms with E-state index in [1.165, 1.54) is 5.56 Å². The maximum Gasteiger partial charge on any atom is 0.319 e. The van der Waals surface area contributed by atoms with Gasteiger partial charge in [-0.2, -0.15) is 0 Å². The second kappa shape index (κ2) is 7.80. The normalized spacial score (nSPS) is 17.9. The van der Waals surface area contributed by atoms with E-state index >= 15 is 0 Å². The summed E-state index contributed by atoms with van der Waals surface area (Å²) in [6.07, 6.45) is 5.78. The van der Waals surface area contributed by atoms with Gasteiger partial charge < -0.3 is 10.6 Å². The Balaban J connectivity index is 1.31. The lowest BCUT2D eigenvalue weighted by molar-refractivity contribution is 0.183. The van der Waals surface area contributed by atoms with E-state index in [2.05, 4.69) is 31.6 Å². The Morgan fingerprint density at radius 1 is 1.35 bits per heavy atom. The van der Waals surface area contributed by atoms with Crippen LogP contribution in [0.25, 0.3) is 10.2 Å². The molecule has 1 atom stereocenters. The Labute approximate surface area is 156 Å². The number of benzene rings is 1. The van der Waals surface area contributed by atoms with E-state index < -0.39 is 0 Å². The molecule has 3 aromatic rings. The first-order valence-electron chi connectivity index (χ1n) is 8.78. The molecule has 26 heavy (non-hydrogen) atoms. The van der Waals surface area contributed by atoms with E-state index in [-0.39, 0.29) is 12.1 Å². The fourth-order valence-electron chi connectivity index (χ4n) is 3.35. The second-order valence-electron chi connectivity index (χ2n) is 6.57. The quantitative estimate of drug-likeness (QED) is 0.741. The van der Waals surface area contributed by atoms with Gasteiger partial charge in [-0.05, 0) is 49.2 Å². The molecule has 0 spiro atoms. The number of urea groups is 1. The van der Waals surface area contributed by atoms with Gasteiger partial charge in [-0.15, -0.1) is 11.3 Å². The van der Waals surface area contributed by atoms with Gasteiger partial charge in [-0.25, -0.2) is 9.78 Å². The standard InChI is InChI=1S/C19H21N5OS/c25-19(22-15-5-6-17-18(9-15)26-13-21-17)23-16-4-2-8-24(12-16)11-14-3-1-7-20-10-14/h1,3,5-7,9-10,13,16H,2,4,8,11-12H2,(H2,22,23,25)/t16-/m1/s1. The maximum atomic E-state index is 12.4. The molecular formula is C19H21N5OS. The van der Waals surface area contributed by atoms with Crippen LogP contribution in [-0.4, -0.2) is 40.0 Å². The molecule has 4 rings (SSSR count).